The molecule has 3 rings (SSSR count). The zero-order valence-electron chi connectivity index (χ0n) is 12.7. The molecule has 0 bridgehead atoms. The van der Waals surface area contributed by atoms with Gasteiger partial charge in [0.15, 0.2) is 10.8 Å². The van der Waals surface area contributed by atoms with Gasteiger partial charge in [-0.25, -0.2) is 9.97 Å². The Morgan fingerprint density at radius 3 is 2.70 bits per heavy atom. The van der Waals surface area contributed by atoms with Gasteiger partial charge in [-0.1, -0.05) is 0 Å². The van der Waals surface area contributed by atoms with E-state index in [-0.39, 0.29) is 5.91 Å². The zero-order chi connectivity index (χ0) is 16.2. The van der Waals surface area contributed by atoms with Gasteiger partial charge >= 0.3 is 0 Å². The van der Waals surface area contributed by atoms with Gasteiger partial charge in [0.2, 0.25) is 0 Å². The van der Waals surface area contributed by atoms with Gasteiger partial charge in [-0.3, -0.25) is 15.1 Å². The van der Waals surface area contributed by atoms with Gasteiger partial charge in [-0.2, -0.15) is 0 Å². The number of rotatable bonds is 4. The number of aromatic nitrogens is 3. The first-order valence-corrected chi connectivity index (χ1v) is 7.88. The van der Waals surface area contributed by atoms with Crippen LogP contribution in [-0.2, 0) is 0 Å². The third-order valence-corrected chi connectivity index (χ3v) is 3.91. The number of carbonyl (C=O) groups excluding carboxylic acids is 1. The number of thiazole rings is 1. The van der Waals surface area contributed by atoms with Gasteiger partial charge in [0.1, 0.15) is 0 Å². The Hall–Kier alpha value is -2.80. The van der Waals surface area contributed by atoms with Gasteiger partial charge in [-0.15, -0.1) is 11.3 Å². The Morgan fingerprint density at radius 1 is 1.13 bits per heavy atom. The number of pyridine rings is 2. The third kappa shape index (κ3) is 3.70. The first kappa shape index (κ1) is 15.1. The van der Waals surface area contributed by atoms with Crippen LogP contribution >= 0.6 is 11.3 Å². The molecule has 0 aliphatic rings. The Labute approximate surface area is 137 Å². The molecule has 6 nitrogen and oxygen atoms in total. The summed E-state index contributed by atoms with van der Waals surface area (Å²) in [5.74, 6) is -0.297. The van der Waals surface area contributed by atoms with E-state index in [9.17, 15) is 4.79 Å². The minimum atomic E-state index is -0.297. The van der Waals surface area contributed by atoms with Crippen molar-refractivity contribution in [2.24, 2.45) is 0 Å². The molecular formula is C16H15N5OS. The standard InChI is InChI=1S/C16H15N5OS/c1-10-5-6-13(20-12-4-3-7-17-8-12)14(18-10)15(22)21-16-19-11(2)9-23-16/h3-9,20H,1-2H3,(H,19,21,22). The predicted octanol–water partition coefficient (Wildman–Crippen LogP) is 3.55. The van der Waals surface area contributed by atoms with Crippen molar-refractivity contribution >= 4 is 33.8 Å². The molecule has 3 aromatic heterocycles. The summed E-state index contributed by atoms with van der Waals surface area (Å²) < 4.78 is 0. The molecular weight excluding hydrogens is 310 g/mol. The van der Waals surface area contributed by atoms with Crippen LogP contribution in [0.1, 0.15) is 21.9 Å². The summed E-state index contributed by atoms with van der Waals surface area (Å²) in [5.41, 5.74) is 3.37. The molecule has 7 heteroatoms. The first-order valence-electron chi connectivity index (χ1n) is 7.00. The second-order valence-electron chi connectivity index (χ2n) is 4.96. The summed E-state index contributed by atoms with van der Waals surface area (Å²) in [6, 6.07) is 7.38. The normalized spacial score (nSPS) is 10.3. The Kier molecular flexibility index (Phi) is 4.29. The average Bonchev–Trinajstić information content (AvgIpc) is 2.95. The Morgan fingerprint density at radius 2 is 2.00 bits per heavy atom. The number of nitrogens with zero attached hydrogens (tertiary/aromatic N) is 3. The van der Waals surface area contributed by atoms with Crippen molar-refractivity contribution in [1.82, 2.24) is 15.0 Å². The molecule has 116 valence electrons. The van der Waals surface area contributed by atoms with E-state index in [1.807, 2.05) is 43.5 Å². The van der Waals surface area contributed by atoms with Crippen molar-refractivity contribution in [3.05, 3.63) is 59.1 Å². The Balaban J connectivity index is 1.88. The van der Waals surface area contributed by atoms with Crippen LogP contribution < -0.4 is 10.6 Å². The molecule has 0 saturated heterocycles. The minimum Gasteiger partial charge on any atom is -0.352 e. The molecule has 3 aromatic rings. The molecule has 3 heterocycles. The van der Waals surface area contributed by atoms with Crippen molar-refractivity contribution in [3.63, 3.8) is 0 Å². The minimum absolute atomic E-state index is 0.297. The number of carbonyl (C=O) groups is 1. The topological polar surface area (TPSA) is 79.8 Å². The van der Waals surface area contributed by atoms with Crippen LogP contribution in [0, 0.1) is 13.8 Å². The molecule has 23 heavy (non-hydrogen) atoms. The van der Waals surface area contributed by atoms with Crippen molar-refractivity contribution in [3.8, 4) is 0 Å². The fourth-order valence-electron chi connectivity index (χ4n) is 1.99. The lowest BCUT2D eigenvalue weighted by Gasteiger charge is -2.11. The SMILES string of the molecule is Cc1csc(NC(=O)c2nc(C)ccc2Nc2cccnc2)n1. The van der Waals surface area contributed by atoms with Gasteiger partial charge in [0.25, 0.3) is 5.91 Å². The largest absolute Gasteiger partial charge is 0.352 e. The maximum absolute atomic E-state index is 12.5. The second-order valence-corrected chi connectivity index (χ2v) is 5.82. The molecule has 0 fully saturated rings. The highest BCUT2D eigenvalue weighted by Crippen LogP contribution is 2.22. The number of hydrogen-bond acceptors (Lipinski definition) is 6. The van der Waals surface area contributed by atoms with Crippen LogP contribution in [0.4, 0.5) is 16.5 Å². The zero-order valence-corrected chi connectivity index (χ0v) is 13.5. The quantitative estimate of drug-likeness (QED) is 0.767. The molecule has 0 radical (unpaired) electrons. The molecule has 0 spiro atoms. The summed E-state index contributed by atoms with van der Waals surface area (Å²) in [4.78, 5) is 25.2. The maximum Gasteiger partial charge on any atom is 0.278 e. The van der Waals surface area contributed by atoms with E-state index in [1.54, 1.807) is 12.4 Å². The van der Waals surface area contributed by atoms with Crippen LogP contribution in [0.15, 0.2) is 42.0 Å². The van der Waals surface area contributed by atoms with E-state index in [0.29, 0.717) is 16.5 Å². The number of aryl methyl sites for hydroxylation is 2. The summed E-state index contributed by atoms with van der Waals surface area (Å²) in [6.07, 6.45) is 3.38. The second kappa shape index (κ2) is 6.53. The molecule has 2 N–H and O–H groups in total. The van der Waals surface area contributed by atoms with Gasteiger partial charge in [-0.05, 0) is 38.1 Å². The predicted molar refractivity (Wildman–Crippen MR) is 91.3 cm³/mol. The Bertz CT molecular complexity index is 831. The molecule has 0 aliphatic heterocycles. The van der Waals surface area contributed by atoms with Gasteiger partial charge in [0, 0.05) is 17.3 Å². The van der Waals surface area contributed by atoms with Gasteiger partial charge in [0.05, 0.1) is 23.3 Å². The first-order chi connectivity index (χ1) is 11.1. The lowest BCUT2D eigenvalue weighted by atomic mass is 10.2. The van der Waals surface area contributed by atoms with Crippen LogP contribution in [0.2, 0.25) is 0 Å². The number of hydrogen-bond donors (Lipinski definition) is 2. The van der Waals surface area contributed by atoms with Crippen LogP contribution in [0.3, 0.4) is 0 Å². The molecule has 0 unspecified atom stereocenters. The number of amides is 1. The van der Waals surface area contributed by atoms with Crippen LogP contribution in [0.5, 0.6) is 0 Å². The van der Waals surface area contributed by atoms with Crippen LogP contribution in [-0.4, -0.2) is 20.9 Å². The van der Waals surface area contributed by atoms with E-state index in [4.69, 9.17) is 0 Å². The van der Waals surface area contributed by atoms with Gasteiger partial charge < -0.3 is 5.32 Å². The van der Waals surface area contributed by atoms with E-state index in [1.165, 1.54) is 11.3 Å². The molecule has 0 saturated carbocycles. The summed E-state index contributed by atoms with van der Waals surface area (Å²) in [7, 11) is 0. The number of nitrogens with one attached hydrogen (secondary N) is 2. The average molecular weight is 325 g/mol. The molecule has 0 aromatic carbocycles. The van der Waals surface area contributed by atoms with Crippen molar-refractivity contribution < 1.29 is 4.79 Å². The van der Waals surface area contributed by atoms with Crippen molar-refractivity contribution in [2.75, 3.05) is 10.6 Å². The van der Waals surface area contributed by atoms with Crippen molar-refractivity contribution in [2.45, 2.75) is 13.8 Å². The van der Waals surface area contributed by atoms with Crippen LogP contribution in [0.25, 0.3) is 0 Å². The fourth-order valence-corrected chi connectivity index (χ4v) is 2.67. The molecule has 0 atom stereocenters. The van der Waals surface area contributed by atoms with E-state index >= 15 is 0 Å². The highest BCUT2D eigenvalue weighted by atomic mass is 32.1. The summed E-state index contributed by atoms with van der Waals surface area (Å²) in [5, 5.41) is 8.39. The number of anilines is 3. The molecule has 1 amide bonds. The van der Waals surface area contributed by atoms with E-state index in [2.05, 4.69) is 25.6 Å². The maximum atomic E-state index is 12.5. The monoisotopic (exact) mass is 325 g/mol. The lowest BCUT2D eigenvalue weighted by Crippen LogP contribution is -2.16. The molecule has 0 aliphatic carbocycles. The summed E-state index contributed by atoms with van der Waals surface area (Å²) in [6.45, 7) is 3.73. The summed E-state index contributed by atoms with van der Waals surface area (Å²) >= 11 is 1.39. The smallest absolute Gasteiger partial charge is 0.278 e. The lowest BCUT2D eigenvalue weighted by molar-refractivity contribution is 0.102. The highest BCUT2D eigenvalue weighted by molar-refractivity contribution is 7.13. The van der Waals surface area contributed by atoms with E-state index in [0.717, 1.165) is 17.1 Å². The third-order valence-electron chi connectivity index (χ3n) is 3.03. The van der Waals surface area contributed by atoms with Crippen molar-refractivity contribution in [1.29, 1.82) is 0 Å². The van der Waals surface area contributed by atoms with E-state index < -0.39 is 0 Å². The fraction of sp³-hybridized carbons (Fsp3) is 0.125. The highest BCUT2D eigenvalue weighted by Gasteiger charge is 2.15.